The second kappa shape index (κ2) is 17.4. The molecule has 3 atom stereocenters. The lowest BCUT2D eigenvalue weighted by molar-refractivity contribution is -0.130. The Morgan fingerprint density at radius 2 is 1.65 bits per heavy atom. The van der Waals surface area contributed by atoms with Crippen molar-refractivity contribution < 1.29 is 28.7 Å². The molecular formula is C31H39N5O6S. The highest BCUT2D eigenvalue weighted by atomic mass is 32.1. The molecule has 0 saturated carbocycles. The van der Waals surface area contributed by atoms with Crippen molar-refractivity contribution in [1.82, 2.24) is 20.1 Å². The van der Waals surface area contributed by atoms with E-state index >= 15 is 0 Å². The summed E-state index contributed by atoms with van der Waals surface area (Å²) in [5, 5.41) is 8.20. The maximum absolute atomic E-state index is 12.8. The third-order valence-electron chi connectivity index (χ3n) is 6.55. The number of Topliss-reactive ketones (excluding diaryl/α,β-unsaturated/α-hetero) is 1. The number of thiazole rings is 1. The number of likely N-dealkylation sites (N-methyl/N-ethyl adjacent to an activating group) is 1. The predicted molar refractivity (Wildman–Crippen MR) is 166 cm³/mol. The van der Waals surface area contributed by atoms with Gasteiger partial charge in [0.15, 0.2) is 17.5 Å². The highest BCUT2D eigenvalue weighted by molar-refractivity contribution is 7.13. The standard InChI is InChI=1S/C24H29N3O5.C7H10N2OS/c1-17(19-8-6-5-7-9-19)22(14-28)27(16-29)24(31)25-18(2)20-10-12-21(13-11-20)32-15-23(30)26(3)4;1-3-6(10)5-4-11-7(8-2)9-5/h5-14,16-18,22H,15H2,1-4H3,(H,25,31);4H,3H2,1-2H3,(H,8,9)/t17?,18-,22+;/m0./s1. The first-order chi connectivity index (χ1) is 20.6. The van der Waals surface area contributed by atoms with E-state index in [0.717, 1.165) is 21.2 Å². The molecule has 4 amide bonds. The van der Waals surface area contributed by atoms with Gasteiger partial charge in [-0.3, -0.25) is 19.3 Å². The average Bonchev–Trinajstić information content (AvgIpc) is 3.52. The number of hydrogen-bond donors (Lipinski definition) is 2. The molecule has 0 fully saturated rings. The number of imide groups is 1. The van der Waals surface area contributed by atoms with E-state index in [9.17, 15) is 24.0 Å². The number of rotatable bonds is 13. The van der Waals surface area contributed by atoms with Crippen LogP contribution in [0.25, 0.3) is 0 Å². The van der Waals surface area contributed by atoms with E-state index in [0.29, 0.717) is 30.6 Å². The number of nitrogens with one attached hydrogen (secondary N) is 2. The number of benzene rings is 2. The molecule has 0 radical (unpaired) electrons. The first-order valence-corrected chi connectivity index (χ1v) is 14.6. The van der Waals surface area contributed by atoms with Gasteiger partial charge in [-0.25, -0.2) is 9.78 Å². The van der Waals surface area contributed by atoms with E-state index < -0.39 is 18.1 Å². The molecule has 11 nitrogen and oxygen atoms in total. The fraction of sp³-hybridized carbons (Fsp3) is 0.355. The van der Waals surface area contributed by atoms with Crippen LogP contribution in [0, 0.1) is 0 Å². The van der Waals surface area contributed by atoms with Crippen molar-refractivity contribution in [2.45, 2.75) is 45.2 Å². The highest BCUT2D eigenvalue weighted by Gasteiger charge is 2.29. The summed E-state index contributed by atoms with van der Waals surface area (Å²) in [5.74, 6) is 0.108. The van der Waals surface area contributed by atoms with Crippen LogP contribution < -0.4 is 15.4 Å². The van der Waals surface area contributed by atoms with Gasteiger partial charge in [0.1, 0.15) is 23.8 Å². The summed E-state index contributed by atoms with van der Waals surface area (Å²) in [4.78, 5) is 65.2. The Bertz CT molecular complexity index is 1350. The SMILES string of the molecule is CC(c1ccccc1)[C@@H](C=O)N(C=O)C(=O)N[C@@H](C)c1ccc(OCC(=O)N(C)C)cc1.CCC(=O)c1csc(NC)n1. The van der Waals surface area contributed by atoms with Crippen molar-refractivity contribution in [2.75, 3.05) is 33.1 Å². The zero-order valence-corrected chi connectivity index (χ0v) is 26.1. The van der Waals surface area contributed by atoms with E-state index in [1.165, 1.54) is 16.2 Å². The number of nitrogens with zero attached hydrogens (tertiary/aromatic N) is 3. The molecule has 1 heterocycles. The molecule has 3 rings (SSSR count). The Labute approximate surface area is 256 Å². The van der Waals surface area contributed by atoms with E-state index in [1.807, 2.05) is 37.3 Å². The molecule has 0 aliphatic carbocycles. The average molecular weight is 610 g/mol. The van der Waals surface area contributed by atoms with E-state index in [-0.39, 0.29) is 24.2 Å². The first-order valence-electron chi connectivity index (χ1n) is 13.7. The Hall–Kier alpha value is -4.58. The number of hydrogen-bond acceptors (Lipinski definition) is 9. The van der Waals surface area contributed by atoms with E-state index in [2.05, 4.69) is 15.6 Å². The van der Waals surface area contributed by atoms with Gasteiger partial charge in [-0.05, 0) is 30.2 Å². The summed E-state index contributed by atoms with van der Waals surface area (Å²) >= 11 is 1.45. The summed E-state index contributed by atoms with van der Waals surface area (Å²) in [6, 6.07) is 14.1. The molecule has 3 aromatic rings. The third-order valence-corrected chi connectivity index (χ3v) is 7.41. The molecule has 0 aliphatic heterocycles. The van der Waals surface area contributed by atoms with Gasteiger partial charge in [-0.2, -0.15) is 0 Å². The second-order valence-corrected chi connectivity index (χ2v) is 10.6. The van der Waals surface area contributed by atoms with Gasteiger partial charge in [0.25, 0.3) is 5.91 Å². The summed E-state index contributed by atoms with van der Waals surface area (Å²) in [7, 11) is 5.09. The number of amides is 4. The van der Waals surface area contributed by atoms with Crippen LogP contribution in [0.1, 0.15) is 60.8 Å². The Balaban J connectivity index is 0.000000490. The van der Waals surface area contributed by atoms with Crippen LogP contribution in [-0.2, 0) is 14.4 Å². The summed E-state index contributed by atoms with van der Waals surface area (Å²) in [6.07, 6.45) is 1.50. The van der Waals surface area contributed by atoms with Crippen molar-refractivity contribution >= 4 is 46.9 Å². The van der Waals surface area contributed by atoms with Crippen LogP contribution in [-0.4, -0.2) is 79.0 Å². The van der Waals surface area contributed by atoms with Crippen molar-refractivity contribution in [3.63, 3.8) is 0 Å². The fourth-order valence-corrected chi connectivity index (χ4v) is 4.48. The molecule has 1 unspecified atom stereocenters. The van der Waals surface area contributed by atoms with Gasteiger partial charge >= 0.3 is 6.03 Å². The number of aldehydes is 1. The molecular weight excluding hydrogens is 570 g/mol. The minimum atomic E-state index is -0.938. The van der Waals surface area contributed by atoms with Crippen LogP contribution in [0.2, 0.25) is 0 Å². The number of ketones is 1. The molecule has 0 saturated heterocycles. The number of anilines is 1. The Morgan fingerprint density at radius 3 is 2.16 bits per heavy atom. The third kappa shape index (κ3) is 10.3. The fourth-order valence-electron chi connectivity index (χ4n) is 3.80. The number of ether oxygens (including phenoxy) is 1. The van der Waals surface area contributed by atoms with Crippen LogP contribution in [0.5, 0.6) is 5.75 Å². The van der Waals surface area contributed by atoms with Crippen molar-refractivity contribution in [3.05, 3.63) is 76.8 Å². The number of carbonyl (C=O) groups excluding carboxylic acids is 5. The summed E-state index contributed by atoms with van der Waals surface area (Å²) < 4.78 is 5.44. The van der Waals surface area contributed by atoms with Gasteiger partial charge in [-0.15, -0.1) is 11.3 Å². The van der Waals surface area contributed by atoms with Gasteiger partial charge in [-0.1, -0.05) is 56.3 Å². The molecule has 12 heteroatoms. The predicted octanol–water partition coefficient (Wildman–Crippen LogP) is 4.53. The van der Waals surface area contributed by atoms with Crippen LogP contribution in [0.15, 0.2) is 60.0 Å². The maximum Gasteiger partial charge on any atom is 0.325 e. The van der Waals surface area contributed by atoms with E-state index in [1.54, 1.807) is 64.6 Å². The molecule has 0 bridgehead atoms. The molecule has 0 aliphatic rings. The Morgan fingerprint density at radius 1 is 1.00 bits per heavy atom. The van der Waals surface area contributed by atoms with Crippen molar-refractivity contribution in [1.29, 1.82) is 0 Å². The highest BCUT2D eigenvalue weighted by Crippen LogP contribution is 2.23. The largest absolute Gasteiger partial charge is 0.484 e. The lowest BCUT2D eigenvalue weighted by Crippen LogP contribution is -2.48. The topological polar surface area (TPSA) is 138 Å². The molecule has 2 N–H and O–H groups in total. The van der Waals surface area contributed by atoms with Crippen LogP contribution >= 0.6 is 11.3 Å². The monoisotopic (exact) mass is 609 g/mol. The van der Waals surface area contributed by atoms with Gasteiger partial charge in [0.2, 0.25) is 6.41 Å². The smallest absolute Gasteiger partial charge is 0.325 e. The normalized spacial score (nSPS) is 12.3. The van der Waals surface area contributed by atoms with Crippen LogP contribution in [0.3, 0.4) is 0 Å². The zero-order chi connectivity index (χ0) is 31.9. The van der Waals surface area contributed by atoms with Gasteiger partial charge in [0, 0.05) is 38.9 Å². The van der Waals surface area contributed by atoms with Gasteiger partial charge < -0.3 is 25.1 Å². The van der Waals surface area contributed by atoms with Crippen molar-refractivity contribution in [2.24, 2.45) is 0 Å². The lowest BCUT2D eigenvalue weighted by Gasteiger charge is -2.29. The van der Waals surface area contributed by atoms with Gasteiger partial charge in [0.05, 0.1) is 6.04 Å². The quantitative estimate of drug-likeness (QED) is 0.213. The minimum absolute atomic E-state index is 0.0698. The molecule has 43 heavy (non-hydrogen) atoms. The number of aromatic nitrogens is 1. The van der Waals surface area contributed by atoms with Crippen molar-refractivity contribution in [3.8, 4) is 5.75 Å². The molecule has 230 valence electrons. The molecule has 2 aromatic carbocycles. The lowest BCUT2D eigenvalue weighted by atomic mass is 9.93. The second-order valence-electron chi connectivity index (χ2n) is 9.72. The maximum atomic E-state index is 12.8. The zero-order valence-electron chi connectivity index (χ0n) is 25.3. The van der Waals surface area contributed by atoms with Crippen LogP contribution in [0.4, 0.5) is 9.93 Å². The summed E-state index contributed by atoms with van der Waals surface area (Å²) in [5.41, 5.74) is 2.19. The Kier molecular flexibility index (Phi) is 14.0. The number of carbonyl (C=O) groups is 5. The molecule has 0 spiro atoms. The molecule has 1 aromatic heterocycles. The summed E-state index contributed by atoms with van der Waals surface area (Å²) in [6.45, 7) is 5.32. The van der Waals surface area contributed by atoms with E-state index in [4.69, 9.17) is 4.74 Å². The first kappa shape index (κ1) is 34.6. The number of urea groups is 1. The minimum Gasteiger partial charge on any atom is -0.484 e.